The number of nitrogens with zero attached hydrogens (tertiary/aromatic N) is 7. The molecule has 0 saturated carbocycles. The third kappa shape index (κ3) is 3.78. The van der Waals surface area contributed by atoms with E-state index in [2.05, 4.69) is 34.0 Å². The first-order valence-electron chi connectivity index (χ1n) is 11.5. The first-order valence-corrected chi connectivity index (χ1v) is 12.3. The van der Waals surface area contributed by atoms with Crippen LogP contribution in [-0.4, -0.2) is 41.5 Å². The summed E-state index contributed by atoms with van der Waals surface area (Å²) in [7, 11) is 0. The second kappa shape index (κ2) is 9.09. The van der Waals surface area contributed by atoms with Crippen LogP contribution in [0.5, 0.6) is 0 Å². The zero-order valence-corrected chi connectivity index (χ0v) is 21.0. The minimum atomic E-state index is -0.915. The van der Waals surface area contributed by atoms with Gasteiger partial charge < -0.3 is 5.11 Å². The molecule has 5 rings (SSSR count). The Morgan fingerprint density at radius 1 is 1.17 bits per heavy atom. The Morgan fingerprint density at radius 3 is 2.56 bits per heavy atom. The third-order valence-corrected chi connectivity index (χ3v) is 7.72. The largest absolute Gasteiger partial charge is 0.481 e. The van der Waals surface area contributed by atoms with Crippen LogP contribution in [0, 0.1) is 38.0 Å². The molecule has 3 aromatic heterocycles. The maximum Gasteiger partial charge on any atom is 0.309 e. The van der Waals surface area contributed by atoms with Gasteiger partial charge in [-0.15, -0.1) is 21.5 Å². The van der Waals surface area contributed by atoms with Gasteiger partial charge >= 0.3 is 5.97 Å². The summed E-state index contributed by atoms with van der Waals surface area (Å²) in [6.07, 6.45) is 3.45. The molecular weight excluding hydrogens is 474 g/mol. The van der Waals surface area contributed by atoms with Gasteiger partial charge in [-0.3, -0.25) is 19.3 Å². The number of carboxylic acid groups (broad SMARTS) is 1. The quantitative estimate of drug-likeness (QED) is 0.427. The van der Waals surface area contributed by atoms with Gasteiger partial charge in [0.15, 0.2) is 11.5 Å². The van der Waals surface area contributed by atoms with E-state index >= 15 is 0 Å². The molecule has 1 aliphatic heterocycles. The first kappa shape index (κ1) is 23.5. The van der Waals surface area contributed by atoms with Crippen molar-refractivity contribution in [2.75, 3.05) is 0 Å². The van der Waals surface area contributed by atoms with Gasteiger partial charge in [0.2, 0.25) is 0 Å². The predicted octanol–water partition coefficient (Wildman–Crippen LogP) is 4.59. The van der Waals surface area contributed by atoms with Gasteiger partial charge in [-0.25, -0.2) is 4.98 Å². The van der Waals surface area contributed by atoms with Crippen LogP contribution in [0.25, 0.3) is 16.3 Å². The number of nitriles is 1. The van der Waals surface area contributed by atoms with Crippen LogP contribution in [0.2, 0.25) is 0 Å². The number of aryl methyl sites for hydroxylation is 2. The molecule has 1 aromatic carbocycles. The van der Waals surface area contributed by atoms with Crippen molar-refractivity contribution >= 4 is 23.0 Å². The number of carboxylic acids is 1. The molecule has 0 bridgehead atoms. The number of benzene rings is 1. The average molecular weight is 498 g/mol. The number of hydrogen-bond acceptors (Lipinski definition) is 8. The van der Waals surface area contributed by atoms with Crippen LogP contribution in [0.15, 0.2) is 41.7 Å². The summed E-state index contributed by atoms with van der Waals surface area (Å²) < 4.78 is 1.96. The van der Waals surface area contributed by atoms with Crippen molar-refractivity contribution in [3.05, 3.63) is 75.6 Å². The molecule has 9 nitrogen and oxygen atoms in total. The Balaban J connectivity index is 1.71. The summed E-state index contributed by atoms with van der Waals surface area (Å²) in [5.74, 6) is -0.428. The van der Waals surface area contributed by atoms with E-state index in [1.807, 2.05) is 48.7 Å². The molecule has 2 atom stereocenters. The van der Waals surface area contributed by atoms with Gasteiger partial charge in [0, 0.05) is 21.6 Å². The second-order valence-electron chi connectivity index (χ2n) is 8.66. The highest BCUT2D eigenvalue weighted by atomic mass is 32.1. The molecule has 10 heteroatoms. The Morgan fingerprint density at radius 2 is 1.89 bits per heavy atom. The van der Waals surface area contributed by atoms with Crippen molar-refractivity contribution < 1.29 is 9.90 Å². The van der Waals surface area contributed by atoms with Gasteiger partial charge in [-0.05, 0) is 32.8 Å². The molecule has 1 unspecified atom stereocenters. The highest BCUT2D eigenvalue weighted by Crippen LogP contribution is 2.41. The summed E-state index contributed by atoms with van der Waals surface area (Å²) in [5.41, 5.74) is 5.30. The monoisotopic (exact) mass is 497 g/mol. The van der Waals surface area contributed by atoms with Crippen LogP contribution in [0.3, 0.4) is 0 Å². The fourth-order valence-electron chi connectivity index (χ4n) is 4.51. The van der Waals surface area contributed by atoms with Crippen molar-refractivity contribution in [1.29, 1.82) is 5.26 Å². The molecule has 180 valence electrons. The van der Waals surface area contributed by atoms with E-state index in [9.17, 15) is 9.90 Å². The lowest BCUT2D eigenvalue weighted by Gasteiger charge is -2.18. The fraction of sp³-hybridized carbons (Fsp3) is 0.269. The summed E-state index contributed by atoms with van der Waals surface area (Å²) in [6.45, 7) is 7.85. The lowest BCUT2D eigenvalue weighted by Crippen LogP contribution is -2.23. The highest BCUT2D eigenvalue weighted by Gasteiger charge is 2.37. The van der Waals surface area contributed by atoms with Crippen LogP contribution >= 0.6 is 11.3 Å². The Hall–Kier alpha value is -4.23. The molecule has 0 saturated heterocycles. The Labute approximate surface area is 211 Å². The van der Waals surface area contributed by atoms with Crippen molar-refractivity contribution in [2.45, 2.75) is 40.2 Å². The third-order valence-electron chi connectivity index (χ3n) is 6.53. The fourth-order valence-corrected chi connectivity index (χ4v) is 5.72. The molecular formula is C26H23N7O2S. The molecule has 36 heavy (non-hydrogen) atoms. The van der Waals surface area contributed by atoms with Crippen LogP contribution in [0.4, 0.5) is 0 Å². The van der Waals surface area contributed by atoms with Crippen molar-refractivity contribution in [3.63, 3.8) is 0 Å². The smallest absolute Gasteiger partial charge is 0.309 e. The number of aliphatic carboxylic acids is 1. The van der Waals surface area contributed by atoms with E-state index in [4.69, 9.17) is 10.3 Å². The summed E-state index contributed by atoms with van der Waals surface area (Å²) >= 11 is 1.63. The molecule has 4 aromatic rings. The zero-order valence-electron chi connectivity index (χ0n) is 20.2. The molecule has 0 fully saturated rings. The van der Waals surface area contributed by atoms with E-state index in [1.165, 1.54) is 6.20 Å². The molecule has 1 N–H and O–H groups in total. The zero-order chi connectivity index (χ0) is 25.6. The van der Waals surface area contributed by atoms with Crippen LogP contribution in [-0.2, 0) is 4.79 Å². The van der Waals surface area contributed by atoms with E-state index in [0.29, 0.717) is 23.8 Å². The van der Waals surface area contributed by atoms with Gasteiger partial charge in [0.1, 0.15) is 22.9 Å². The first-order chi connectivity index (χ1) is 17.3. The molecule has 0 amide bonds. The van der Waals surface area contributed by atoms with Gasteiger partial charge in [0.25, 0.3) is 0 Å². The lowest BCUT2D eigenvalue weighted by atomic mass is 9.95. The molecule has 0 spiro atoms. The number of rotatable bonds is 5. The Kier molecular flexibility index (Phi) is 5.94. The van der Waals surface area contributed by atoms with Gasteiger partial charge in [-0.2, -0.15) is 5.26 Å². The summed E-state index contributed by atoms with van der Waals surface area (Å²) in [6, 6.07) is 9.04. The number of aliphatic imine (C=N–C) groups is 1. The van der Waals surface area contributed by atoms with E-state index in [0.717, 1.165) is 37.8 Å². The topological polar surface area (TPSA) is 130 Å². The maximum absolute atomic E-state index is 12.2. The number of hydrogen-bond donors (Lipinski definition) is 1. The predicted molar refractivity (Wildman–Crippen MR) is 135 cm³/mol. The maximum atomic E-state index is 12.2. The number of carbonyl (C=O) groups is 1. The number of aromatic nitrogens is 5. The van der Waals surface area contributed by atoms with Crippen molar-refractivity contribution in [3.8, 4) is 22.3 Å². The molecule has 4 heterocycles. The van der Waals surface area contributed by atoms with Crippen molar-refractivity contribution in [2.24, 2.45) is 10.9 Å². The van der Waals surface area contributed by atoms with Crippen molar-refractivity contribution in [1.82, 2.24) is 24.7 Å². The van der Waals surface area contributed by atoms with Crippen LogP contribution in [0.1, 0.15) is 58.3 Å². The van der Waals surface area contributed by atoms with Gasteiger partial charge in [0.05, 0.1) is 29.7 Å². The Bertz CT molecular complexity index is 1560. The van der Waals surface area contributed by atoms with E-state index < -0.39 is 17.9 Å². The number of fused-ring (bicyclic) bond motifs is 3. The molecule has 1 aliphatic rings. The SMILES string of the molecule is CC[C@H](C(=O)O)C1N=C(c2ccc(-c3cncc(C#N)n3)cc2)c2c(sc(C)c2C)-n2c(C)nnc21. The molecule has 0 radical (unpaired) electrons. The minimum absolute atomic E-state index is 0.249. The highest BCUT2D eigenvalue weighted by molar-refractivity contribution is 7.15. The van der Waals surface area contributed by atoms with Crippen LogP contribution < -0.4 is 0 Å². The lowest BCUT2D eigenvalue weighted by molar-refractivity contribution is -0.142. The number of thiophene rings is 1. The standard InChI is InChI=1S/C26H23N7O2S/c1-5-19(26(34)35)23-24-32-31-15(4)33(24)25-21(13(2)14(3)36-25)22(30-23)17-8-6-16(7-9-17)20-12-28-11-18(10-27)29-20/h6-9,11-12,19,23H,5H2,1-4H3,(H,34,35)/t19-,23?/m0/s1. The molecule has 0 aliphatic carbocycles. The van der Waals surface area contributed by atoms with Gasteiger partial charge in [-0.1, -0.05) is 31.2 Å². The minimum Gasteiger partial charge on any atom is -0.481 e. The van der Waals surface area contributed by atoms with E-state index in [-0.39, 0.29) is 5.69 Å². The summed E-state index contributed by atoms with van der Waals surface area (Å²) in [5, 5.41) is 28.8. The second-order valence-corrected chi connectivity index (χ2v) is 9.86. The summed E-state index contributed by atoms with van der Waals surface area (Å²) in [4.78, 5) is 26.9. The average Bonchev–Trinajstić information content (AvgIpc) is 3.35. The van der Waals surface area contributed by atoms with E-state index in [1.54, 1.807) is 17.5 Å². The normalized spacial score (nSPS) is 15.3.